The van der Waals surface area contributed by atoms with Gasteiger partial charge in [0, 0.05) is 11.7 Å². The maximum atomic E-state index is 13.0. The average molecular weight is 222 g/mol. The van der Waals surface area contributed by atoms with Crippen LogP contribution >= 0.6 is 0 Å². The number of halogens is 1. The van der Waals surface area contributed by atoms with E-state index in [2.05, 4.69) is 10.6 Å². The van der Waals surface area contributed by atoms with Gasteiger partial charge in [0.05, 0.1) is 6.54 Å². The Hall–Kier alpha value is -1.42. The van der Waals surface area contributed by atoms with E-state index in [1.165, 1.54) is 6.07 Å². The van der Waals surface area contributed by atoms with Crippen LogP contribution in [0.5, 0.6) is 0 Å². The van der Waals surface area contributed by atoms with Gasteiger partial charge in [-0.3, -0.25) is 4.79 Å². The van der Waals surface area contributed by atoms with Crippen molar-refractivity contribution < 1.29 is 9.18 Å². The lowest BCUT2D eigenvalue weighted by atomic mass is 10.2. The number of carbonyl (C=O) groups excluding carboxylic acids is 1. The molecule has 1 saturated carbocycles. The SMILES string of the molecule is Cc1cc(NC(=O)CNC2CC2)ccc1F. The first-order valence-corrected chi connectivity index (χ1v) is 5.44. The molecule has 0 spiro atoms. The lowest BCUT2D eigenvalue weighted by Gasteiger charge is -2.07. The van der Waals surface area contributed by atoms with Crippen LogP contribution in [0.3, 0.4) is 0 Å². The molecule has 0 aromatic heterocycles. The standard InChI is InChI=1S/C12H15FN2O/c1-8-6-10(4-5-11(8)13)15-12(16)7-14-9-2-3-9/h4-6,9,14H,2-3,7H2,1H3,(H,15,16). The Balaban J connectivity index is 1.86. The van der Waals surface area contributed by atoms with Gasteiger partial charge < -0.3 is 10.6 Å². The monoisotopic (exact) mass is 222 g/mol. The molecular formula is C12H15FN2O. The fourth-order valence-electron chi connectivity index (χ4n) is 1.45. The summed E-state index contributed by atoms with van der Waals surface area (Å²) in [6.07, 6.45) is 2.31. The van der Waals surface area contributed by atoms with Gasteiger partial charge in [0.1, 0.15) is 5.82 Å². The molecule has 1 amide bonds. The summed E-state index contributed by atoms with van der Waals surface area (Å²) < 4.78 is 13.0. The van der Waals surface area contributed by atoms with E-state index in [1.54, 1.807) is 19.1 Å². The third kappa shape index (κ3) is 3.03. The van der Waals surface area contributed by atoms with Gasteiger partial charge in [-0.15, -0.1) is 0 Å². The van der Waals surface area contributed by atoms with Crippen molar-refractivity contribution in [3.63, 3.8) is 0 Å². The van der Waals surface area contributed by atoms with Gasteiger partial charge in [-0.05, 0) is 43.5 Å². The summed E-state index contributed by atoms with van der Waals surface area (Å²) in [6, 6.07) is 5.07. The van der Waals surface area contributed by atoms with E-state index in [0.29, 0.717) is 23.8 Å². The van der Waals surface area contributed by atoms with Crippen molar-refractivity contribution in [1.82, 2.24) is 5.32 Å². The molecule has 0 saturated heterocycles. The molecule has 86 valence electrons. The molecule has 0 unspecified atom stereocenters. The van der Waals surface area contributed by atoms with Gasteiger partial charge in [-0.1, -0.05) is 0 Å². The lowest BCUT2D eigenvalue weighted by Crippen LogP contribution is -2.29. The summed E-state index contributed by atoms with van der Waals surface area (Å²) in [6.45, 7) is 1.99. The van der Waals surface area contributed by atoms with E-state index < -0.39 is 0 Å². The minimum absolute atomic E-state index is 0.0853. The molecule has 0 radical (unpaired) electrons. The van der Waals surface area contributed by atoms with Crippen LogP contribution in [0.25, 0.3) is 0 Å². The topological polar surface area (TPSA) is 41.1 Å². The number of anilines is 1. The Bertz CT molecular complexity index is 402. The zero-order valence-electron chi connectivity index (χ0n) is 9.22. The molecule has 0 aliphatic heterocycles. The second kappa shape index (κ2) is 4.61. The molecule has 4 heteroatoms. The van der Waals surface area contributed by atoms with E-state index in [4.69, 9.17) is 0 Å². The van der Waals surface area contributed by atoms with Crippen molar-refractivity contribution in [3.05, 3.63) is 29.6 Å². The Labute approximate surface area is 94.0 Å². The first-order valence-electron chi connectivity index (χ1n) is 5.44. The molecule has 1 fully saturated rings. The zero-order chi connectivity index (χ0) is 11.5. The average Bonchev–Trinajstić information content (AvgIpc) is 3.04. The predicted molar refractivity (Wildman–Crippen MR) is 60.8 cm³/mol. The summed E-state index contributed by atoms with van der Waals surface area (Å²) in [4.78, 5) is 11.5. The second-order valence-corrected chi connectivity index (χ2v) is 4.17. The summed E-state index contributed by atoms with van der Waals surface area (Å²) in [7, 11) is 0. The number of carbonyl (C=O) groups is 1. The molecule has 16 heavy (non-hydrogen) atoms. The van der Waals surface area contributed by atoms with Crippen LogP contribution in [-0.2, 0) is 4.79 Å². The lowest BCUT2D eigenvalue weighted by molar-refractivity contribution is -0.115. The van der Waals surface area contributed by atoms with Crippen molar-refractivity contribution in [1.29, 1.82) is 0 Å². The van der Waals surface area contributed by atoms with Crippen molar-refractivity contribution >= 4 is 11.6 Å². The zero-order valence-corrected chi connectivity index (χ0v) is 9.22. The maximum absolute atomic E-state index is 13.0. The highest BCUT2D eigenvalue weighted by Gasteiger charge is 2.21. The van der Waals surface area contributed by atoms with Gasteiger partial charge >= 0.3 is 0 Å². The van der Waals surface area contributed by atoms with Gasteiger partial charge in [0.25, 0.3) is 0 Å². The van der Waals surface area contributed by atoms with Gasteiger partial charge in [-0.2, -0.15) is 0 Å². The molecule has 1 aliphatic rings. The molecule has 1 aromatic carbocycles. The maximum Gasteiger partial charge on any atom is 0.238 e. The van der Waals surface area contributed by atoms with Crippen LogP contribution in [-0.4, -0.2) is 18.5 Å². The van der Waals surface area contributed by atoms with Crippen molar-refractivity contribution in [2.24, 2.45) is 0 Å². The Morgan fingerprint density at radius 3 is 2.88 bits per heavy atom. The van der Waals surface area contributed by atoms with Crippen LogP contribution in [0.2, 0.25) is 0 Å². The number of aryl methyl sites for hydroxylation is 1. The molecule has 1 aromatic rings. The minimum Gasteiger partial charge on any atom is -0.325 e. The third-order valence-corrected chi connectivity index (χ3v) is 2.57. The quantitative estimate of drug-likeness (QED) is 0.816. The summed E-state index contributed by atoms with van der Waals surface area (Å²) >= 11 is 0. The van der Waals surface area contributed by atoms with Crippen LogP contribution in [0.1, 0.15) is 18.4 Å². The summed E-state index contributed by atoms with van der Waals surface area (Å²) in [5.41, 5.74) is 1.18. The highest BCUT2D eigenvalue weighted by molar-refractivity contribution is 5.92. The molecule has 2 rings (SSSR count). The minimum atomic E-state index is -0.255. The number of amides is 1. The van der Waals surface area contributed by atoms with Crippen LogP contribution in [0.15, 0.2) is 18.2 Å². The van der Waals surface area contributed by atoms with E-state index >= 15 is 0 Å². The third-order valence-electron chi connectivity index (χ3n) is 2.57. The number of rotatable bonds is 4. The Kier molecular flexibility index (Phi) is 3.19. The number of hydrogen-bond acceptors (Lipinski definition) is 2. The van der Waals surface area contributed by atoms with Crippen molar-refractivity contribution in [2.75, 3.05) is 11.9 Å². The molecule has 0 atom stereocenters. The summed E-state index contributed by atoms with van der Waals surface area (Å²) in [5, 5.41) is 5.84. The number of benzene rings is 1. The van der Waals surface area contributed by atoms with E-state index in [1.807, 2.05) is 0 Å². The number of hydrogen-bond donors (Lipinski definition) is 2. The van der Waals surface area contributed by atoms with Crippen LogP contribution in [0.4, 0.5) is 10.1 Å². The normalized spacial score (nSPS) is 14.9. The Morgan fingerprint density at radius 1 is 1.50 bits per heavy atom. The smallest absolute Gasteiger partial charge is 0.238 e. The largest absolute Gasteiger partial charge is 0.325 e. The van der Waals surface area contributed by atoms with Gasteiger partial charge in [0.15, 0.2) is 0 Å². The van der Waals surface area contributed by atoms with Crippen LogP contribution < -0.4 is 10.6 Å². The molecule has 0 heterocycles. The first-order chi connectivity index (χ1) is 7.65. The second-order valence-electron chi connectivity index (χ2n) is 4.17. The van der Waals surface area contributed by atoms with Gasteiger partial charge in [-0.25, -0.2) is 4.39 Å². The molecule has 1 aliphatic carbocycles. The van der Waals surface area contributed by atoms with Crippen molar-refractivity contribution in [3.8, 4) is 0 Å². The fourth-order valence-corrected chi connectivity index (χ4v) is 1.45. The summed E-state index contributed by atoms with van der Waals surface area (Å²) in [5.74, 6) is -0.341. The van der Waals surface area contributed by atoms with E-state index in [0.717, 1.165) is 12.8 Å². The molecule has 2 N–H and O–H groups in total. The highest BCUT2D eigenvalue weighted by Crippen LogP contribution is 2.18. The van der Waals surface area contributed by atoms with Crippen molar-refractivity contribution in [2.45, 2.75) is 25.8 Å². The molecule has 3 nitrogen and oxygen atoms in total. The first kappa shape index (κ1) is 11.1. The van der Waals surface area contributed by atoms with Crippen LogP contribution in [0, 0.1) is 12.7 Å². The predicted octanol–water partition coefficient (Wildman–Crippen LogP) is 1.82. The Morgan fingerprint density at radius 2 is 2.25 bits per heavy atom. The van der Waals surface area contributed by atoms with E-state index in [9.17, 15) is 9.18 Å². The number of nitrogens with one attached hydrogen (secondary N) is 2. The molecule has 0 bridgehead atoms. The molecular weight excluding hydrogens is 207 g/mol. The fraction of sp³-hybridized carbons (Fsp3) is 0.417. The highest BCUT2D eigenvalue weighted by atomic mass is 19.1. The van der Waals surface area contributed by atoms with E-state index in [-0.39, 0.29) is 11.7 Å². The van der Waals surface area contributed by atoms with Gasteiger partial charge in [0.2, 0.25) is 5.91 Å².